The lowest BCUT2D eigenvalue weighted by atomic mass is 9.97. The van der Waals surface area contributed by atoms with Crippen LogP contribution in [0.3, 0.4) is 0 Å². The average Bonchev–Trinajstić information content (AvgIpc) is 2.45. The number of carbonyl (C=O) groups excluding carboxylic acids is 1. The minimum absolute atomic E-state index is 0.0454. The summed E-state index contributed by atoms with van der Waals surface area (Å²) in [5, 5.41) is 0. The van der Waals surface area contributed by atoms with Gasteiger partial charge in [0.25, 0.3) is 0 Å². The summed E-state index contributed by atoms with van der Waals surface area (Å²) in [5.74, 6) is 0. The van der Waals surface area contributed by atoms with Crippen LogP contribution in [0.2, 0.25) is 0 Å². The van der Waals surface area contributed by atoms with Crippen LogP contribution in [0.15, 0.2) is 42.5 Å². The summed E-state index contributed by atoms with van der Waals surface area (Å²) in [6, 6.07) is 10.7. The first kappa shape index (κ1) is 14.3. The van der Waals surface area contributed by atoms with Gasteiger partial charge in [0.2, 0.25) is 0 Å². The number of hydrogen-bond donors (Lipinski definition) is 0. The molecule has 0 heterocycles. The normalized spacial score (nSPS) is 11.4. The standard InChI is InChI=1S/C16H13F3O/c1-2-11-3-5-12(6-4-11)15-8-7-14(16(17,18)19)9-13(15)10-20/h3-10H,2H2,1H3. The van der Waals surface area contributed by atoms with Crippen LogP contribution in [0, 0.1) is 0 Å². The molecule has 0 spiro atoms. The van der Waals surface area contributed by atoms with Crippen molar-refractivity contribution in [2.24, 2.45) is 0 Å². The van der Waals surface area contributed by atoms with E-state index in [9.17, 15) is 18.0 Å². The summed E-state index contributed by atoms with van der Waals surface area (Å²) in [6.45, 7) is 2.02. The number of aldehydes is 1. The lowest BCUT2D eigenvalue weighted by Crippen LogP contribution is -2.05. The Bertz CT molecular complexity index is 613. The second-order valence-corrected chi connectivity index (χ2v) is 4.47. The maximum atomic E-state index is 12.6. The van der Waals surface area contributed by atoms with Crippen molar-refractivity contribution in [2.45, 2.75) is 19.5 Å². The quantitative estimate of drug-likeness (QED) is 0.741. The van der Waals surface area contributed by atoms with Crippen molar-refractivity contribution in [3.63, 3.8) is 0 Å². The molecule has 0 bridgehead atoms. The van der Waals surface area contributed by atoms with Gasteiger partial charge in [-0.1, -0.05) is 37.3 Å². The fourth-order valence-electron chi connectivity index (χ4n) is 2.02. The van der Waals surface area contributed by atoms with Crippen molar-refractivity contribution < 1.29 is 18.0 Å². The van der Waals surface area contributed by atoms with Crippen LogP contribution >= 0.6 is 0 Å². The molecule has 0 saturated carbocycles. The van der Waals surface area contributed by atoms with Crippen LogP contribution in [-0.2, 0) is 12.6 Å². The summed E-state index contributed by atoms with van der Waals surface area (Å²) in [4.78, 5) is 11.0. The largest absolute Gasteiger partial charge is 0.416 e. The number of alkyl halides is 3. The van der Waals surface area contributed by atoms with Gasteiger partial charge in [-0.3, -0.25) is 4.79 Å². The Hall–Kier alpha value is -2.10. The SMILES string of the molecule is CCc1ccc(-c2ccc(C(F)(F)F)cc2C=O)cc1. The molecule has 0 aliphatic carbocycles. The number of hydrogen-bond acceptors (Lipinski definition) is 1. The van der Waals surface area contributed by atoms with Crippen molar-refractivity contribution in [1.29, 1.82) is 0 Å². The molecule has 0 amide bonds. The first-order valence-electron chi connectivity index (χ1n) is 6.21. The number of carbonyl (C=O) groups is 1. The van der Waals surface area contributed by atoms with Crippen LogP contribution in [-0.4, -0.2) is 6.29 Å². The summed E-state index contributed by atoms with van der Waals surface area (Å²) in [5.41, 5.74) is 1.61. The topological polar surface area (TPSA) is 17.1 Å². The van der Waals surface area contributed by atoms with Crippen LogP contribution in [0.25, 0.3) is 11.1 Å². The highest BCUT2D eigenvalue weighted by atomic mass is 19.4. The first-order valence-corrected chi connectivity index (χ1v) is 6.21. The van der Waals surface area contributed by atoms with Gasteiger partial charge in [-0.05, 0) is 35.2 Å². The summed E-state index contributed by atoms with van der Waals surface area (Å²) in [6.07, 6.45) is -3.10. The predicted octanol–water partition coefficient (Wildman–Crippen LogP) is 4.75. The Labute approximate surface area is 115 Å². The van der Waals surface area contributed by atoms with E-state index in [0.29, 0.717) is 11.8 Å². The van der Waals surface area contributed by atoms with E-state index in [-0.39, 0.29) is 5.56 Å². The Morgan fingerprint density at radius 3 is 2.20 bits per heavy atom. The van der Waals surface area contributed by atoms with Crippen molar-refractivity contribution >= 4 is 6.29 Å². The van der Waals surface area contributed by atoms with Crippen molar-refractivity contribution in [3.05, 3.63) is 59.2 Å². The number of halogens is 3. The lowest BCUT2D eigenvalue weighted by Gasteiger charge is -2.11. The van der Waals surface area contributed by atoms with Crippen LogP contribution in [0.5, 0.6) is 0 Å². The van der Waals surface area contributed by atoms with Gasteiger partial charge in [-0.25, -0.2) is 0 Å². The monoisotopic (exact) mass is 278 g/mol. The Morgan fingerprint density at radius 1 is 1.05 bits per heavy atom. The summed E-state index contributed by atoms with van der Waals surface area (Å²) < 4.78 is 37.9. The van der Waals surface area contributed by atoms with E-state index < -0.39 is 11.7 Å². The van der Waals surface area contributed by atoms with E-state index in [1.807, 2.05) is 31.2 Å². The van der Waals surface area contributed by atoms with E-state index in [4.69, 9.17) is 0 Å². The Morgan fingerprint density at radius 2 is 1.70 bits per heavy atom. The van der Waals surface area contributed by atoms with Crippen LogP contribution in [0.4, 0.5) is 13.2 Å². The van der Waals surface area contributed by atoms with Gasteiger partial charge in [-0.15, -0.1) is 0 Å². The summed E-state index contributed by atoms with van der Waals surface area (Å²) in [7, 11) is 0. The maximum absolute atomic E-state index is 12.6. The van der Waals surface area contributed by atoms with E-state index in [1.54, 1.807) is 0 Å². The smallest absolute Gasteiger partial charge is 0.298 e. The highest BCUT2D eigenvalue weighted by Crippen LogP contribution is 2.33. The zero-order valence-corrected chi connectivity index (χ0v) is 10.9. The number of rotatable bonds is 3. The molecule has 2 aromatic rings. The number of benzene rings is 2. The molecule has 0 saturated heterocycles. The molecule has 0 fully saturated rings. The van der Waals surface area contributed by atoms with Gasteiger partial charge in [0.1, 0.15) is 0 Å². The van der Waals surface area contributed by atoms with Gasteiger partial charge in [-0.2, -0.15) is 13.2 Å². The molecule has 2 rings (SSSR count). The van der Waals surface area contributed by atoms with Crippen molar-refractivity contribution in [3.8, 4) is 11.1 Å². The molecular formula is C16H13F3O. The van der Waals surface area contributed by atoms with Crippen molar-refractivity contribution in [2.75, 3.05) is 0 Å². The van der Waals surface area contributed by atoms with E-state index in [0.717, 1.165) is 29.7 Å². The van der Waals surface area contributed by atoms with Gasteiger partial charge in [0.15, 0.2) is 6.29 Å². The van der Waals surface area contributed by atoms with E-state index in [2.05, 4.69) is 0 Å². The van der Waals surface area contributed by atoms with Gasteiger partial charge < -0.3 is 0 Å². The van der Waals surface area contributed by atoms with E-state index in [1.165, 1.54) is 6.07 Å². The molecule has 4 heteroatoms. The molecule has 0 unspecified atom stereocenters. The average molecular weight is 278 g/mol. The summed E-state index contributed by atoms with van der Waals surface area (Å²) >= 11 is 0. The second-order valence-electron chi connectivity index (χ2n) is 4.47. The molecule has 0 radical (unpaired) electrons. The minimum atomic E-state index is -4.44. The van der Waals surface area contributed by atoms with Gasteiger partial charge >= 0.3 is 6.18 Å². The maximum Gasteiger partial charge on any atom is 0.416 e. The first-order chi connectivity index (χ1) is 9.45. The van der Waals surface area contributed by atoms with Crippen LogP contribution in [0.1, 0.15) is 28.4 Å². The molecule has 0 N–H and O–H groups in total. The fraction of sp³-hybridized carbons (Fsp3) is 0.188. The zero-order chi connectivity index (χ0) is 14.8. The Balaban J connectivity index is 2.48. The van der Waals surface area contributed by atoms with Gasteiger partial charge in [0, 0.05) is 5.56 Å². The third-order valence-electron chi connectivity index (χ3n) is 3.18. The van der Waals surface area contributed by atoms with Gasteiger partial charge in [0.05, 0.1) is 5.56 Å². The third kappa shape index (κ3) is 2.90. The molecule has 104 valence electrons. The highest BCUT2D eigenvalue weighted by Gasteiger charge is 2.31. The second kappa shape index (κ2) is 5.49. The van der Waals surface area contributed by atoms with Crippen LogP contribution < -0.4 is 0 Å². The molecule has 0 aliphatic heterocycles. The Kier molecular flexibility index (Phi) is 3.93. The molecular weight excluding hydrogens is 265 g/mol. The highest BCUT2D eigenvalue weighted by molar-refractivity contribution is 5.88. The molecule has 2 aromatic carbocycles. The number of aryl methyl sites for hydroxylation is 1. The molecule has 20 heavy (non-hydrogen) atoms. The molecule has 0 aliphatic rings. The fourth-order valence-corrected chi connectivity index (χ4v) is 2.02. The van der Waals surface area contributed by atoms with E-state index >= 15 is 0 Å². The molecule has 0 aromatic heterocycles. The lowest BCUT2D eigenvalue weighted by molar-refractivity contribution is -0.137. The molecule has 0 atom stereocenters. The third-order valence-corrected chi connectivity index (χ3v) is 3.18. The van der Waals surface area contributed by atoms with Crippen molar-refractivity contribution in [1.82, 2.24) is 0 Å². The molecule has 1 nitrogen and oxygen atoms in total. The zero-order valence-electron chi connectivity index (χ0n) is 10.9. The minimum Gasteiger partial charge on any atom is -0.298 e. The predicted molar refractivity (Wildman–Crippen MR) is 71.6 cm³/mol.